The van der Waals surface area contributed by atoms with Gasteiger partial charge in [-0.1, -0.05) is 37.6 Å². The molecule has 1 saturated carbocycles. The lowest BCUT2D eigenvalue weighted by Crippen LogP contribution is -2.28. The van der Waals surface area contributed by atoms with E-state index >= 15 is 0 Å². The molecule has 0 spiro atoms. The minimum Gasteiger partial charge on any atom is -0.370 e. The Kier molecular flexibility index (Phi) is 5.74. The van der Waals surface area contributed by atoms with Gasteiger partial charge in [0.15, 0.2) is 0 Å². The van der Waals surface area contributed by atoms with Gasteiger partial charge in [-0.3, -0.25) is 0 Å². The summed E-state index contributed by atoms with van der Waals surface area (Å²) in [4.78, 5) is 2.45. The molecule has 0 aliphatic heterocycles. The van der Waals surface area contributed by atoms with Crippen LogP contribution in [0, 0.1) is 11.8 Å². The standard InChI is InChI=1S/C17H27ClN2/c1-4-20(12-14-8-9-14)17-15(6-5-7-16(17)18)11-19-10-13(2)3/h5-7,13-14,19H,4,8-12H2,1-3H3. The quantitative estimate of drug-likeness (QED) is 0.768. The summed E-state index contributed by atoms with van der Waals surface area (Å²) in [6.45, 7) is 10.8. The number of para-hydroxylation sites is 1. The summed E-state index contributed by atoms with van der Waals surface area (Å²) in [6, 6.07) is 6.27. The highest BCUT2D eigenvalue weighted by Crippen LogP contribution is 2.35. The zero-order valence-electron chi connectivity index (χ0n) is 13.0. The van der Waals surface area contributed by atoms with Gasteiger partial charge in [0.05, 0.1) is 10.7 Å². The van der Waals surface area contributed by atoms with Crippen molar-refractivity contribution in [3.05, 3.63) is 28.8 Å². The maximum Gasteiger partial charge on any atom is 0.0642 e. The Morgan fingerprint density at radius 2 is 2.10 bits per heavy atom. The molecule has 1 fully saturated rings. The van der Waals surface area contributed by atoms with Crippen LogP contribution in [0.5, 0.6) is 0 Å². The summed E-state index contributed by atoms with van der Waals surface area (Å²) in [5.74, 6) is 1.55. The first-order valence-electron chi connectivity index (χ1n) is 7.84. The molecule has 2 rings (SSSR count). The molecular formula is C17H27ClN2. The number of nitrogens with zero attached hydrogens (tertiary/aromatic N) is 1. The molecule has 0 amide bonds. The van der Waals surface area contributed by atoms with Crippen LogP contribution in [-0.4, -0.2) is 19.6 Å². The van der Waals surface area contributed by atoms with E-state index in [1.54, 1.807) is 0 Å². The Morgan fingerprint density at radius 1 is 1.35 bits per heavy atom. The highest BCUT2D eigenvalue weighted by Gasteiger charge is 2.25. The normalized spacial score (nSPS) is 14.8. The lowest BCUT2D eigenvalue weighted by atomic mass is 10.1. The van der Waals surface area contributed by atoms with Crippen LogP contribution in [0.4, 0.5) is 5.69 Å². The van der Waals surface area contributed by atoms with Crippen molar-refractivity contribution in [3.8, 4) is 0 Å². The molecule has 0 heterocycles. The van der Waals surface area contributed by atoms with Crippen LogP contribution in [0.15, 0.2) is 18.2 Å². The Labute approximate surface area is 128 Å². The minimum atomic E-state index is 0.673. The van der Waals surface area contributed by atoms with Gasteiger partial charge in [-0.25, -0.2) is 0 Å². The Hall–Kier alpha value is -0.730. The molecule has 0 atom stereocenters. The molecular weight excluding hydrogens is 268 g/mol. The number of anilines is 1. The van der Waals surface area contributed by atoms with Crippen molar-refractivity contribution in [1.82, 2.24) is 5.32 Å². The van der Waals surface area contributed by atoms with Gasteiger partial charge in [-0.2, -0.15) is 0 Å². The lowest BCUT2D eigenvalue weighted by molar-refractivity contribution is 0.551. The number of nitrogens with one attached hydrogen (secondary N) is 1. The molecule has 1 aromatic carbocycles. The van der Waals surface area contributed by atoms with Gasteiger partial charge in [0.1, 0.15) is 0 Å². The second-order valence-electron chi connectivity index (χ2n) is 6.25. The second-order valence-corrected chi connectivity index (χ2v) is 6.66. The van der Waals surface area contributed by atoms with E-state index in [-0.39, 0.29) is 0 Å². The Balaban J connectivity index is 2.11. The first kappa shape index (κ1) is 15.7. The van der Waals surface area contributed by atoms with Crippen LogP contribution in [0.2, 0.25) is 5.02 Å². The highest BCUT2D eigenvalue weighted by atomic mass is 35.5. The summed E-state index contributed by atoms with van der Waals surface area (Å²) < 4.78 is 0. The highest BCUT2D eigenvalue weighted by molar-refractivity contribution is 6.33. The third-order valence-electron chi connectivity index (χ3n) is 3.81. The topological polar surface area (TPSA) is 15.3 Å². The average molecular weight is 295 g/mol. The van der Waals surface area contributed by atoms with E-state index in [4.69, 9.17) is 11.6 Å². The van der Waals surface area contributed by atoms with Crippen LogP contribution in [0.3, 0.4) is 0 Å². The number of benzene rings is 1. The fraction of sp³-hybridized carbons (Fsp3) is 0.647. The molecule has 1 N–H and O–H groups in total. The molecule has 1 aromatic rings. The summed E-state index contributed by atoms with van der Waals surface area (Å²) in [7, 11) is 0. The van der Waals surface area contributed by atoms with Crippen LogP contribution >= 0.6 is 11.6 Å². The maximum atomic E-state index is 6.48. The molecule has 2 nitrogen and oxygen atoms in total. The molecule has 0 unspecified atom stereocenters. The first-order chi connectivity index (χ1) is 9.61. The van der Waals surface area contributed by atoms with Gasteiger partial charge in [-0.15, -0.1) is 0 Å². The van der Waals surface area contributed by atoms with Crippen molar-refractivity contribution in [2.75, 3.05) is 24.5 Å². The molecule has 112 valence electrons. The van der Waals surface area contributed by atoms with Crippen molar-refractivity contribution in [3.63, 3.8) is 0 Å². The van der Waals surface area contributed by atoms with E-state index in [0.717, 1.165) is 37.1 Å². The Morgan fingerprint density at radius 3 is 2.70 bits per heavy atom. The third-order valence-corrected chi connectivity index (χ3v) is 4.12. The molecule has 0 saturated heterocycles. The minimum absolute atomic E-state index is 0.673. The maximum absolute atomic E-state index is 6.48. The SMILES string of the molecule is CCN(CC1CC1)c1c(Cl)cccc1CNCC(C)C. The molecule has 0 radical (unpaired) electrons. The number of rotatable bonds is 8. The van der Waals surface area contributed by atoms with E-state index < -0.39 is 0 Å². The average Bonchev–Trinajstić information content (AvgIpc) is 3.20. The van der Waals surface area contributed by atoms with Gasteiger partial charge in [0.2, 0.25) is 0 Å². The third kappa shape index (κ3) is 4.39. The summed E-state index contributed by atoms with van der Waals surface area (Å²) in [5, 5.41) is 4.42. The monoisotopic (exact) mass is 294 g/mol. The van der Waals surface area contributed by atoms with Crippen molar-refractivity contribution >= 4 is 17.3 Å². The van der Waals surface area contributed by atoms with E-state index in [0.29, 0.717) is 5.92 Å². The van der Waals surface area contributed by atoms with Crippen molar-refractivity contribution in [1.29, 1.82) is 0 Å². The largest absolute Gasteiger partial charge is 0.370 e. The van der Waals surface area contributed by atoms with Crippen molar-refractivity contribution < 1.29 is 0 Å². The fourth-order valence-corrected chi connectivity index (χ4v) is 2.86. The molecule has 1 aliphatic rings. The van der Waals surface area contributed by atoms with E-state index in [1.807, 2.05) is 6.07 Å². The zero-order chi connectivity index (χ0) is 14.5. The van der Waals surface area contributed by atoms with Gasteiger partial charge in [0, 0.05) is 19.6 Å². The van der Waals surface area contributed by atoms with E-state index in [9.17, 15) is 0 Å². The zero-order valence-corrected chi connectivity index (χ0v) is 13.7. The summed E-state index contributed by atoms with van der Waals surface area (Å²) in [5.41, 5.74) is 2.56. The van der Waals surface area contributed by atoms with E-state index in [1.165, 1.54) is 24.1 Å². The van der Waals surface area contributed by atoms with Crippen molar-refractivity contribution in [2.45, 2.75) is 40.2 Å². The van der Waals surface area contributed by atoms with Gasteiger partial charge in [-0.05, 0) is 49.8 Å². The van der Waals surface area contributed by atoms with Crippen molar-refractivity contribution in [2.24, 2.45) is 11.8 Å². The summed E-state index contributed by atoms with van der Waals surface area (Å²) in [6.07, 6.45) is 2.75. The van der Waals surface area contributed by atoms with E-state index in [2.05, 4.69) is 43.1 Å². The van der Waals surface area contributed by atoms with Crippen LogP contribution < -0.4 is 10.2 Å². The Bertz CT molecular complexity index is 427. The molecule has 0 aromatic heterocycles. The molecule has 1 aliphatic carbocycles. The number of hydrogen-bond donors (Lipinski definition) is 1. The van der Waals surface area contributed by atoms with Crippen LogP contribution in [0.1, 0.15) is 39.2 Å². The predicted molar refractivity (Wildman–Crippen MR) is 88.6 cm³/mol. The smallest absolute Gasteiger partial charge is 0.0642 e. The van der Waals surface area contributed by atoms with Gasteiger partial charge in [0.25, 0.3) is 0 Å². The number of halogens is 1. The molecule has 3 heteroatoms. The lowest BCUT2D eigenvalue weighted by Gasteiger charge is -2.27. The predicted octanol–water partition coefficient (Wildman–Crippen LogP) is 4.32. The molecule has 0 bridgehead atoms. The summed E-state index contributed by atoms with van der Waals surface area (Å²) >= 11 is 6.48. The van der Waals surface area contributed by atoms with Crippen LogP contribution in [0.25, 0.3) is 0 Å². The number of hydrogen-bond acceptors (Lipinski definition) is 2. The fourth-order valence-electron chi connectivity index (χ4n) is 2.54. The van der Waals surface area contributed by atoms with Crippen LogP contribution in [-0.2, 0) is 6.54 Å². The second kappa shape index (κ2) is 7.33. The molecule has 20 heavy (non-hydrogen) atoms. The van der Waals surface area contributed by atoms with Gasteiger partial charge < -0.3 is 10.2 Å². The first-order valence-corrected chi connectivity index (χ1v) is 8.22. The van der Waals surface area contributed by atoms with Gasteiger partial charge >= 0.3 is 0 Å².